The third-order valence-corrected chi connectivity index (χ3v) is 2.39. The van der Waals surface area contributed by atoms with Gasteiger partial charge in [0.2, 0.25) is 0 Å². The summed E-state index contributed by atoms with van der Waals surface area (Å²) in [5.41, 5.74) is 0.963. The predicted molar refractivity (Wildman–Crippen MR) is 66.5 cm³/mol. The number of nitrogens with zero attached hydrogens (tertiary/aromatic N) is 4. The Morgan fingerprint density at radius 3 is 2.39 bits per heavy atom. The first-order valence-electron chi connectivity index (χ1n) is 5.32. The van der Waals surface area contributed by atoms with Crippen LogP contribution < -0.4 is 4.90 Å². The van der Waals surface area contributed by atoms with Gasteiger partial charge in [-0.05, 0) is 24.3 Å². The molecule has 18 heavy (non-hydrogen) atoms. The van der Waals surface area contributed by atoms with Crippen LogP contribution in [0.5, 0.6) is 0 Å². The first-order valence-corrected chi connectivity index (χ1v) is 5.32. The fourth-order valence-electron chi connectivity index (χ4n) is 1.45. The van der Waals surface area contributed by atoms with Gasteiger partial charge in [0, 0.05) is 25.7 Å². The van der Waals surface area contributed by atoms with E-state index in [1.165, 1.54) is 12.1 Å². The smallest absolute Gasteiger partial charge is 0.162 e. The summed E-state index contributed by atoms with van der Waals surface area (Å²) < 4.78 is 12.9. The maximum atomic E-state index is 12.9. The quantitative estimate of drug-likeness (QED) is 0.810. The van der Waals surface area contributed by atoms with E-state index in [4.69, 9.17) is 5.26 Å². The molecule has 0 radical (unpaired) electrons. The number of rotatable bonds is 2. The van der Waals surface area contributed by atoms with Crippen molar-refractivity contribution in [1.29, 1.82) is 5.26 Å². The molecular weight excluding hydrogens is 231 g/mol. The Balaban J connectivity index is 2.53. The molecule has 1 aromatic carbocycles. The van der Waals surface area contributed by atoms with Crippen molar-refractivity contribution in [1.82, 2.24) is 9.97 Å². The largest absolute Gasteiger partial charge is 0.363 e. The Kier molecular flexibility index (Phi) is 3.20. The molecule has 0 unspecified atom stereocenters. The minimum atomic E-state index is -0.317. The van der Waals surface area contributed by atoms with Crippen molar-refractivity contribution >= 4 is 5.82 Å². The summed E-state index contributed by atoms with van der Waals surface area (Å²) in [4.78, 5) is 10.2. The summed E-state index contributed by atoms with van der Waals surface area (Å²) in [6.45, 7) is 0. The molecule has 0 bridgehead atoms. The van der Waals surface area contributed by atoms with Crippen molar-refractivity contribution in [3.63, 3.8) is 0 Å². The summed E-state index contributed by atoms with van der Waals surface area (Å²) in [7, 11) is 3.66. The van der Waals surface area contributed by atoms with Crippen LogP contribution in [-0.2, 0) is 0 Å². The van der Waals surface area contributed by atoms with E-state index >= 15 is 0 Å². The number of hydrogen-bond acceptors (Lipinski definition) is 4. The second-order valence-corrected chi connectivity index (χ2v) is 3.95. The summed E-state index contributed by atoms with van der Waals surface area (Å²) in [5, 5.41) is 8.94. The Morgan fingerprint density at radius 2 is 1.83 bits per heavy atom. The lowest BCUT2D eigenvalue weighted by Gasteiger charge is -2.12. The average molecular weight is 242 g/mol. The molecule has 0 atom stereocenters. The van der Waals surface area contributed by atoms with Crippen LogP contribution in [0.4, 0.5) is 10.2 Å². The van der Waals surface area contributed by atoms with Gasteiger partial charge >= 0.3 is 0 Å². The SMILES string of the molecule is CN(C)c1cc(C#N)nc(-c2ccc(F)cc2)n1. The second-order valence-electron chi connectivity index (χ2n) is 3.95. The van der Waals surface area contributed by atoms with Crippen LogP contribution in [0, 0.1) is 17.1 Å². The van der Waals surface area contributed by atoms with Gasteiger partial charge in [-0.2, -0.15) is 5.26 Å². The van der Waals surface area contributed by atoms with E-state index in [-0.39, 0.29) is 11.5 Å². The minimum absolute atomic E-state index is 0.285. The zero-order valence-electron chi connectivity index (χ0n) is 10.1. The van der Waals surface area contributed by atoms with Crippen LogP contribution >= 0.6 is 0 Å². The Labute approximate surface area is 104 Å². The average Bonchev–Trinajstić information content (AvgIpc) is 2.39. The molecule has 0 spiro atoms. The molecule has 4 nitrogen and oxygen atoms in total. The molecule has 0 saturated heterocycles. The van der Waals surface area contributed by atoms with Crippen molar-refractivity contribution in [3.8, 4) is 17.5 Å². The van der Waals surface area contributed by atoms with Crippen LogP contribution in [-0.4, -0.2) is 24.1 Å². The maximum Gasteiger partial charge on any atom is 0.162 e. The third kappa shape index (κ3) is 2.43. The normalized spacial score (nSPS) is 9.89. The molecule has 0 aliphatic heterocycles. The lowest BCUT2D eigenvalue weighted by atomic mass is 10.2. The van der Waals surface area contributed by atoms with Crippen molar-refractivity contribution in [3.05, 3.63) is 41.8 Å². The summed E-state index contributed by atoms with van der Waals surface area (Å²) in [5.74, 6) is 0.738. The zero-order valence-corrected chi connectivity index (χ0v) is 10.1. The van der Waals surface area contributed by atoms with Crippen LogP contribution in [0.25, 0.3) is 11.4 Å². The summed E-state index contributed by atoms with van der Waals surface area (Å²) >= 11 is 0. The molecule has 5 heteroatoms. The molecule has 2 rings (SSSR count). The minimum Gasteiger partial charge on any atom is -0.363 e. The lowest BCUT2D eigenvalue weighted by molar-refractivity contribution is 0.628. The third-order valence-electron chi connectivity index (χ3n) is 2.39. The Hall–Kier alpha value is -2.48. The monoisotopic (exact) mass is 242 g/mol. The van der Waals surface area contributed by atoms with Gasteiger partial charge in [-0.15, -0.1) is 0 Å². The van der Waals surface area contributed by atoms with Gasteiger partial charge in [-0.25, -0.2) is 14.4 Å². The molecule has 1 heterocycles. The summed E-state index contributed by atoms with van der Waals surface area (Å²) in [6.07, 6.45) is 0. The summed E-state index contributed by atoms with van der Waals surface area (Å²) in [6, 6.07) is 9.45. The van der Waals surface area contributed by atoms with E-state index in [0.717, 1.165) is 0 Å². The molecule has 0 saturated carbocycles. The number of aromatic nitrogens is 2. The van der Waals surface area contributed by atoms with E-state index in [1.54, 1.807) is 23.1 Å². The standard InChI is InChI=1S/C13H11FN4/c1-18(2)12-7-11(8-15)16-13(17-12)9-3-5-10(14)6-4-9/h3-7H,1-2H3. The van der Waals surface area contributed by atoms with E-state index in [9.17, 15) is 4.39 Å². The van der Waals surface area contributed by atoms with E-state index < -0.39 is 0 Å². The molecule has 0 aliphatic rings. The molecule has 90 valence electrons. The Morgan fingerprint density at radius 1 is 1.17 bits per heavy atom. The first kappa shape index (κ1) is 12.0. The number of benzene rings is 1. The van der Waals surface area contributed by atoms with Gasteiger partial charge in [-0.1, -0.05) is 0 Å². The van der Waals surface area contributed by atoms with Crippen LogP contribution in [0.2, 0.25) is 0 Å². The van der Waals surface area contributed by atoms with Gasteiger partial charge in [0.25, 0.3) is 0 Å². The molecule has 2 aromatic rings. The molecule has 0 amide bonds. The fraction of sp³-hybridized carbons (Fsp3) is 0.154. The highest BCUT2D eigenvalue weighted by atomic mass is 19.1. The molecule has 0 fully saturated rings. The van der Waals surface area contributed by atoms with E-state index in [0.29, 0.717) is 17.2 Å². The van der Waals surface area contributed by atoms with Gasteiger partial charge in [0.15, 0.2) is 5.82 Å². The number of anilines is 1. The number of nitriles is 1. The van der Waals surface area contributed by atoms with Crippen molar-refractivity contribution in [2.45, 2.75) is 0 Å². The molecule has 1 aromatic heterocycles. The van der Waals surface area contributed by atoms with Gasteiger partial charge in [0.1, 0.15) is 23.4 Å². The highest BCUT2D eigenvalue weighted by molar-refractivity contribution is 5.58. The first-order chi connectivity index (χ1) is 8.60. The number of halogens is 1. The highest BCUT2D eigenvalue weighted by Crippen LogP contribution is 2.19. The highest BCUT2D eigenvalue weighted by Gasteiger charge is 2.08. The maximum absolute atomic E-state index is 12.9. The van der Waals surface area contributed by atoms with Crippen LogP contribution in [0.3, 0.4) is 0 Å². The van der Waals surface area contributed by atoms with Gasteiger partial charge in [0.05, 0.1) is 0 Å². The van der Waals surface area contributed by atoms with Crippen molar-refractivity contribution in [2.24, 2.45) is 0 Å². The van der Waals surface area contributed by atoms with Gasteiger partial charge in [-0.3, -0.25) is 0 Å². The molecular formula is C13H11FN4. The molecule has 0 aliphatic carbocycles. The van der Waals surface area contributed by atoms with Crippen LogP contribution in [0.15, 0.2) is 30.3 Å². The van der Waals surface area contributed by atoms with Crippen molar-refractivity contribution in [2.75, 3.05) is 19.0 Å². The second kappa shape index (κ2) is 4.80. The fourth-order valence-corrected chi connectivity index (χ4v) is 1.45. The van der Waals surface area contributed by atoms with Crippen molar-refractivity contribution < 1.29 is 4.39 Å². The Bertz CT molecular complexity index is 599. The lowest BCUT2D eigenvalue weighted by Crippen LogP contribution is -2.12. The van der Waals surface area contributed by atoms with E-state index in [2.05, 4.69) is 9.97 Å². The van der Waals surface area contributed by atoms with E-state index in [1.807, 2.05) is 20.2 Å². The van der Waals surface area contributed by atoms with Crippen LogP contribution in [0.1, 0.15) is 5.69 Å². The predicted octanol–water partition coefficient (Wildman–Crippen LogP) is 2.22. The zero-order chi connectivity index (χ0) is 13.1. The number of hydrogen-bond donors (Lipinski definition) is 0. The van der Waals surface area contributed by atoms with Gasteiger partial charge < -0.3 is 4.90 Å². The topological polar surface area (TPSA) is 52.8 Å². The molecule has 0 N–H and O–H groups in total.